The summed E-state index contributed by atoms with van der Waals surface area (Å²) in [5, 5.41) is 21.5. The summed E-state index contributed by atoms with van der Waals surface area (Å²) < 4.78 is 36.6. The number of hydrogen-bond donors (Lipinski definition) is 3. The van der Waals surface area contributed by atoms with Crippen molar-refractivity contribution in [3.63, 3.8) is 0 Å². The van der Waals surface area contributed by atoms with Crippen molar-refractivity contribution in [1.29, 1.82) is 0 Å². The summed E-state index contributed by atoms with van der Waals surface area (Å²) in [6.07, 6.45) is -8.52. The molecule has 2 saturated heterocycles. The van der Waals surface area contributed by atoms with Gasteiger partial charge in [0.05, 0.1) is 30.8 Å². The van der Waals surface area contributed by atoms with Gasteiger partial charge in [0.15, 0.2) is 12.4 Å². The Kier molecular flexibility index (Phi) is 14.1. The van der Waals surface area contributed by atoms with Gasteiger partial charge in [-0.2, -0.15) is 0 Å². The number of alkyl carbamates (subject to hydrolysis) is 2. The molecule has 3 aliphatic rings. The minimum absolute atomic E-state index is 0.0492. The van der Waals surface area contributed by atoms with Gasteiger partial charge in [-0.05, 0) is 47.6 Å². The van der Waals surface area contributed by atoms with Crippen molar-refractivity contribution in [2.75, 3.05) is 0 Å². The molecule has 60 heavy (non-hydrogen) atoms. The molecule has 10 atom stereocenters. The third-order valence-corrected chi connectivity index (χ3v) is 10.9. The Labute approximate surface area is 347 Å². The second-order valence-corrected chi connectivity index (χ2v) is 14.9. The van der Waals surface area contributed by atoms with Gasteiger partial charge in [0.1, 0.15) is 37.6 Å². The topological polar surface area (TPSA) is 203 Å². The van der Waals surface area contributed by atoms with Crippen LogP contribution in [0, 0.1) is 0 Å². The average molecular weight is 821 g/mol. The molecule has 0 spiro atoms. The van der Waals surface area contributed by atoms with E-state index in [-0.39, 0.29) is 26.4 Å². The van der Waals surface area contributed by atoms with E-state index in [0.717, 1.165) is 22.3 Å². The molecule has 1 aliphatic carbocycles. The Balaban J connectivity index is 1.15. The van der Waals surface area contributed by atoms with Crippen molar-refractivity contribution in [2.45, 2.75) is 107 Å². The number of carbonyl (C=O) groups excluding carboxylic acids is 3. The van der Waals surface area contributed by atoms with Crippen LogP contribution < -0.4 is 10.6 Å². The standard InChI is InChI=1S/C44H48N6O10/c1-28(50(24-29-14-6-2-7-15-29)44(54)57-27-32-20-12-5-13-21-32)34-23-22-33(48-49-45)41(58-34)59-39-35(46-42(52)56-26-31-18-10-4-11-19-31)38(55-25-30-16-8-3-9-17-30)36-40(37(39)51)60-43(53)47-36/h2-21,28,33-41,51H,22-27H2,1H3,(H,46,52)(H,47,53)/t28?,33-,34+,35+,36-,37+,38+,39-,40+,41-/m1/s1. The summed E-state index contributed by atoms with van der Waals surface area (Å²) in [5.41, 5.74) is 12.9. The van der Waals surface area contributed by atoms with E-state index < -0.39 is 79.3 Å². The number of aliphatic hydroxyl groups excluding tert-OH is 1. The van der Waals surface area contributed by atoms with Crippen molar-refractivity contribution >= 4 is 18.3 Å². The summed E-state index contributed by atoms with van der Waals surface area (Å²) in [5.74, 6) is 0. The Morgan fingerprint density at radius 3 is 2.02 bits per heavy atom. The number of ether oxygens (including phenoxy) is 6. The van der Waals surface area contributed by atoms with Crippen LogP contribution in [-0.2, 0) is 54.8 Å². The Hall–Kier alpha value is -6.16. The van der Waals surface area contributed by atoms with Crippen molar-refractivity contribution in [3.05, 3.63) is 154 Å². The molecule has 2 aliphatic heterocycles. The monoisotopic (exact) mass is 820 g/mol. The SMILES string of the molecule is CC([C@@H]1CC[C@@H](N=[N+]=[N-])[C@@H](O[C@H]2[C@H](O)[C@H]3OC(=O)N[C@@H]3[C@@H](OCc3ccccc3)[C@@H]2NC(=O)OCc2ccccc2)O1)N(Cc1ccccc1)C(=O)OCc1ccccc1. The molecule has 4 aromatic carbocycles. The zero-order valence-electron chi connectivity index (χ0n) is 33.0. The van der Waals surface area contributed by atoms with Crippen LogP contribution in [0.1, 0.15) is 42.0 Å². The van der Waals surface area contributed by atoms with Crippen LogP contribution in [0.15, 0.2) is 126 Å². The third-order valence-electron chi connectivity index (χ3n) is 10.9. The van der Waals surface area contributed by atoms with Crippen molar-refractivity contribution in [1.82, 2.24) is 15.5 Å². The average Bonchev–Trinajstić information content (AvgIpc) is 3.68. The van der Waals surface area contributed by atoms with E-state index in [0.29, 0.717) is 12.8 Å². The van der Waals surface area contributed by atoms with E-state index in [4.69, 9.17) is 28.4 Å². The molecule has 16 nitrogen and oxygen atoms in total. The van der Waals surface area contributed by atoms with Crippen LogP contribution in [0.2, 0.25) is 0 Å². The lowest BCUT2D eigenvalue weighted by atomic mass is 9.81. The van der Waals surface area contributed by atoms with Crippen molar-refractivity contribution in [3.8, 4) is 0 Å². The van der Waals surface area contributed by atoms with Crippen LogP contribution >= 0.6 is 0 Å². The second-order valence-electron chi connectivity index (χ2n) is 14.9. The Morgan fingerprint density at radius 1 is 0.850 bits per heavy atom. The number of aliphatic hydroxyl groups is 1. The van der Waals surface area contributed by atoms with Crippen LogP contribution in [0.3, 0.4) is 0 Å². The fourth-order valence-corrected chi connectivity index (χ4v) is 7.79. The first-order chi connectivity index (χ1) is 29.3. The summed E-state index contributed by atoms with van der Waals surface area (Å²) >= 11 is 0. The highest BCUT2D eigenvalue weighted by Gasteiger charge is 2.58. The van der Waals surface area contributed by atoms with Crippen molar-refractivity contribution < 1.29 is 47.9 Å². The molecule has 3 fully saturated rings. The van der Waals surface area contributed by atoms with E-state index in [1.54, 1.807) is 4.90 Å². The fraction of sp³-hybridized carbons (Fsp3) is 0.386. The van der Waals surface area contributed by atoms with Crippen LogP contribution in [0.5, 0.6) is 0 Å². The molecule has 0 aromatic heterocycles. The van der Waals surface area contributed by atoms with Gasteiger partial charge in [-0.25, -0.2) is 14.4 Å². The van der Waals surface area contributed by atoms with E-state index >= 15 is 0 Å². The number of hydrogen-bond acceptors (Lipinski definition) is 11. The quantitative estimate of drug-likeness (QED) is 0.0513. The number of benzene rings is 4. The molecule has 1 saturated carbocycles. The lowest BCUT2D eigenvalue weighted by Gasteiger charge is -2.48. The number of amides is 3. The lowest BCUT2D eigenvalue weighted by Crippen LogP contribution is -2.71. The predicted molar refractivity (Wildman–Crippen MR) is 216 cm³/mol. The lowest BCUT2D eigenvalue weighted by molar-refractivity contribution is -0.268. The predicted octanol–water partition coefficient (Wildman–Crippen LogP) is 6.52. The number of nitrogens with one attached hydrogen (secondary N) is 2. The van der Waals surface area contributed by atoms with Gasteiger partial charge in [-0.15, -0.1) is 0 Å². The first-order valence-corrected chi connectivity index (χ1v) is 19.9. The second kappa shape index (κ2) is 20.2. The zero-order valence-corrected chi connectivity index (χ0v) is 33.0. The number of azide groups is 1. The fourth-order valence-electron chi connectivity index (χ4n) is 7.79. The molecular weight excluding hydrogens is 773 g/mol. The number of fused-ring (bicyclic) bond motifs is 1. The van der Waals surface area contributed by atoms with E-state index in [1.165, 1.54) is 0 Å². The minimum atomic E-state index is -1.53. The third kappa shape index (κ3) is 10.5. The highest BCUT2D eigenvalue weighted by atomic mass is 16.7. The van der Waals surface area contributed by atoms with Gasteiger partial charge in [-0.1, -0.05) is 126 Å². The normalized spacial score (nSPS) is 26.2. The molecule has 4 aromatic rings. The van der Waals surface area contributed by atoms with Gasteiger partial charge in [0, 0.05) is 11.5 Å². The first-order valence-electron chi connectivity index (χ1n) is 19.9. The maximum absolute atomic E-state index is 13.8. The van der Waals surface area contributed by atoms with Crippen LogP contribution in [0.4, 0.5) is 14.4 Å². The zero-order chi connectivity index (χ0) is 41.8. The molecule has 314 valence electrons. The largest absolute Gasteiger partial charge is 0.445 e. The smallest absolute Gasteiger partial charge is 0.410 e. The maximum atomic E-state index is 13.8. The Bertz CT molecular complexity index is 2060. The van der Waals surface area contributed by atoms with Gasteiger partial charge in [0.25, 0.3) is 0 Å². The van der Waals surface area contributed by atoms with Crippen molar-refractivity contribution in [2.24, 2.45) is 5.11 Å². The van der Waals surface area contributed by atoms with Crippen LogP contribution in [0.25, 0.3) is 10.4 Å². The summed E-state index contributed by atoms with van der Waals surface area (Å²) in [6.45, 7) is 2.13. The van der Waals surface area contributed by atoms with E-state index in [2.05, 4.69) is 20.7 Å². The summed E-state index contributed by atoms with van der Waals surface area (Å²) in [7, 11) is 0. The molecule has 3 amide bonds. The van der Waals surface area contributed by atoms with Gasteiger partial charge in [0.2, 0.25) is 0 Å². The summed E-state index contributed by atoms with van der Waals surface area (Å²) in [4.78, 5) is 44.7. The number of nitrogens with zero attached hydrogens (tertiary/aromatic N) is 4. The molecule has 2 heterocycles. The number of carbonyl (C=O) groups is 3. The summed E-state index contributed by atoms with van der Waals surface area (Å²) in [6, 6.07) is 33.7. The minimum Gasteiger partial charge on any atom is -0.445 e. The Morgan fingerprint density at radius 2 is 1.42 bits per heavy atom. The van der Waals surface area contributed by atoms with E-state index in [1.807, 2.05) is 128 Å². The van der Waals surface area contributed by atoms with Gasteiger partial charge >= 0.3 is 18.3 Å². The van der Waals surface area contributed by atoms with Crippen LogP contribution in [-0.4, -0.2) is 89.3 Å². The molecular formula is C44H48N6O10. The molecule has 1 unspecified atom stereocenters. The molecule has 7 rings (SSSR count). The highest BCUT2D eigenvalue weighted by Crippen LogP contribution is 2.36. The first kappa shape index (κ1) is 42.0. The maximum Gasteiger partial charge on any atom is 0.410 e. The molecule has 0 bridgehead atoms. The highest BCUT2D eigenvalue weighted by molar-refractivity contribution is 5.71. The van der Waals surface area contributed by atoms with Gasteiger partial charge < -0.3 is 44.2 Å². The molecule has 0 radical (unpaired) electrons. The van der Waals surface area contributed by atoms with Gasteiger partial charge in [-0.3, -0.25) is 4.90 Å². The molecule has 3 N–H and O–H groups in total. The number of rotatable bonds is 15. The molecule has 16 heteroatoms. The van der Waals surface area contributed by atoms with E-state index in [9.17, 15) is 25.0 Å².